The van der Waals surface area contributed by atoms with Crippen LogP contribution in [0.3, 0.4) is 0 Å². The molecular weight excluding hydrogens is 268 g/mol. The Hall–Kier alpha value is -0.190. The van der Waals surface area contributed by atoms with Crippen molar-refractivity contribution in [1.82, 2.24) is 0 Å². The normalized spacial score (nSPS) is 10.9. The van der Waals surface area contributed by atoms with Crippen molar-refractivity contribution in [2.24, 2.45) is 0 Å². The number of hydrogen-bond donors (Lipinski definition) is 1. The summed E-state index contributed by atoms with van der Waals surface area (Å²) in [6, 6.07) is 5.95. The van der Waals surface area contributed by atoms with Gasteiger partial charge in [0.2, 0.25) is 0 Å². The number of halogens is 1. The van der Waals surface area contributed by atoms with Gasteiger partial charge in [-0.2, -0.15) is 0 Å². The number of thioether (sulfide) groups is 1. The van der Waals surface area contributed by atoms with Gasteiger partial charge in [-0.05, 0) is 18.4 Å². The van der Waals surface area contributed by atoms with Crippen molar-refractivity contribution in [3.05, 3.63) is 22.7 Å². The summed E-state index contributed by atoms with van der Waals surface area (Å²) in [7, 11) is 0. The smallest absolute Gasteiger partial charge is 0.172 e. The van der Waals surface area contributed by atoms with Gasteiger partial charge < -0.3 is 5.11 Å². The van der Waals surface area contributed by atoms with Crippen LogP contribution < -0.4 is 0 Å². The van der Waals surface area contributed by atoms with Gasteiger partial charge in [0.15, 0.2) is 5.06 Å². The summed E-state index contributed by atoms with van der Waals surface area (Å²) in [5, 5.41) is 10.8. The molecule has 0 fully saturated rings. The molecule has 0 spiro atoms. The van der Waals surface area contributed by atoms with Gasteiger partial charge in [0.25, 0.3) is 0 Å². The molecule has 68 valence electrons. The van der Waals surface area contributed by atoms with Crippen molar-refractivity contribution in [2.45, 2.75) is 4.90 Å². The number of thiophene rings is 1. The minimum absolute atomic E-state index is 0.369. The molecule has 0 bridgehead atoms. The van der Waals surface area contributed by atoms with Crippen LogP contribution in [0.1, 0.15) is 0 Å². The zero-order chi connectivity index (χ0) is 9.42. The minimum atomic E-state index is 0.369. The first-order valence-corrected chi connectivity index (χ1v) is 6.50. The van der Waals surface area contributed by atoms with Gasteiger partial charge in [0.1, 0.15) is 0 Å². The predicted octanol–water partition coefficient (Wildman–Crippen LogP) is 4.09. The van der Waals surface area contributed by atoms with Crippen LogP contribution in [0.25, 0.3) is 10.1 Å². The average molecular weight is 275 g/mol. The van der Waals surface area contributed by atoms with Gasteiger partial charge in [-0.3, -0.25) is 0 Å². The van der Waals surface area contributed by atoms with E-state index < -0.39 is 0 Å². The molecule has 0 atom stereocenters. The zero-order valence-electron chi connectivity index (χ0n) is 6.87. The first-order valence-electron chi connectivity index (χ1n) is 3.67. The summed E-state index contributed by atoms with van der Waals surface area (Å²) in [6.07, 6.45) is 2.04. The van der Waals surface area contributed by atoms with Crippen LogP contribution in [-0.2, 0) is 0 Å². The molecule has 4 heteroatoms. The lowest BCUT2D eigenvalue weighted by Gasteiger charge is -1.98. The standard InChI is InChI=1S/C9H7BrOS2/c1-12-5-2-7(10)6-4-9(11)13-8(6)3-5/h2-4,11H,1H3. The summed E-state index contributed by atoms with van der Waals surface area (Å²) in [6.45, 7) is 0. The maximum Gasteiger partial charge on any atom is 0.172 e. The molecule has 0 aliphatic heterocycles. The highest BCUT2D eigenvalue weighted by Crippen LogP contribution is 2.37. The van der Waals surface area contributed by atoms with E-state index in [9.17, 15) is 5.11 Å². The van der Waals surface area contributed by atoms with Crippen molar-refractivity contribution >= 4 is 49.1 Å². The molecule has 1 aromatic heterocycles. The van der Waals surface area contributed by atoms with Crippen molar-refractivity contribution in [2.75, 3.05) is 6.26 Å². The number of benzene rings is 1. The Kier molecular flexibility index (Phi) is 2.53. The van der Waals surface area contributed by atoms with Gasteiger partial charge in [-0.15, -0.1) is 11.8 Å². The molecule has 13 heavy (non-hydrogen) atoms. The Balaban J connectivity index is 2.75. The molecule has 1 heterocycles. The number of rotatable bonds is 1. The van der Waals surface area contributed by atoms with E-state index >= 15 is 0 Å². The van der Waals surface area contributed by atoms with Crippen molar-refractivity contribution < 1.29 is 5.11 Å². The summed E-state index contributed by atoms with van der Waals surface area (Å²) in [5.41, 5.74) is 0. The van der Waals surface area contributed by atoms with E-state index in [1.165, 1.54) is 16.2 Å². The first kappa shape index (κ1) is 9.37. The predicted molar refractivity (Wildman–Crippen MR) is 63.0 cm³/mol. The second-order valence-corrected chi connectivity index (χ2v) is 5.40. The SMILES string of the molecule is CSc1cc(Br)c2cc(O)sc2c1. The van der Waals surface area contributed by atoms with Gasteiger partial charge in [-0.1, -0.05) is 27.3 Å². The van der Waals surface area contributed by atoms with E-state index in [2.05, 4.69) is 28.1 Å². The summed E-state index contributed by atoms with van der Waals surface area (Å²) in [5.74, 6) is 0. The highest BCUT2D eigenvalue weighted by Gasteiger charge is 2.05. The Morgan fingerprint density at radius 1 is 1.38 bits per heavy atom. The maximum atomic E-state index is 9.34. The van der Waals surface area contributed by atoms with Crippen LogP contribution in [0.5, 0.6) is 5.06 Å². The molecule has 2 aromatic rings. The fraction of sp³-hybridized carbons (Fsp3) is 0.111. The molecule has 0 aliphatic rings. The zero-order valence-corrected chi connectivity index (χ0v) is 10.1. The lowest BCUT2D eigenvalue weighted by atomic mass is 10.3. The van der Waals surface area contributed by atoms with Gasteiger partial charge >= 0.3 is 0 Å². The Labute approximate surface area is 92.9 Å². The molecule has 0 aliphatic carbocycles. The van der Waals surface area contributed by atoms with Gasteiger partial charge in [0.05, 0.1) is 0 Å². The monoisotopic (exact) mass is 274 g/mol. The third-order valence-corrected chi connectivity index (χ3v) is 4.03. The second-order valence-electron chi connectivity index (χ2n) is 2.61. The third kappa shape index (κ3) is 1.71. The highest BCUT2D eigenvalue weighted by atomic mass is 79.9. The second kappa shape index (κ2) is 3.52. The Morgan fingerprint density at radius 2 is 2.15 bits per heavy atom. The maximum absolute atomic E-state index is 9.34. The van der Waals surface area contributed by atoms with E-state index in [0.717, 1.165) is 14.6 Å². The molecule has 2 rings (SSSR count). The van der Waals surface area contributed by atoms with E-state index in [-0.39, 0.29) is 0 Å². The number of hydrogen-bond acceptors (Lipinski definition) is 3. The van der Waals surface area contributed by atoms with E-state index in [1.807, 2.05) is 6.26 Å². The number of fused-ring (bicyclic) bond motifs is 1. The van der Waals surface area contributed by atoms with E-state index in [4.69, 9.17) is 0 Å². The largest absolute Gasteiger partial charge is 0.499 e. The molecule has 0 saturated heterocycles. The lowest BCUT2D eigenvalue weighted by Crippen LogP contribution is -1.71. The fourth-order valence-corrected chi connectivity index (χ4v) is 3.45. The Bertz CT molecular complexity index is 450. The molecule has 0 amide bonds. The van der Waals surface area contributed by atoms with Crippen LogP contribution in [0.15, 0.2) is 27.6 Å². The van der Waals surface area contributed by atoms with Gasteiger partial charge in [-0.25, -0.2) is 0 Å². The van der Waals surface area contributed by atoms with Crippen molar-refractivity contribution in [1.29, 1.82) is 0 Å². The fourth-order valence-electron chi connectivity index (χ4n) is 1.18. The van der Waals surface area contributed by atoms with Crippen molar-refractivity contribution in [3.8, 4) is 5.06 Å². The van der Waals surface area contributed by atoms with E-state index in [1.54, 1.807) is 17.8 Å². The average Bonchev–Trinajstić information content (AvgIpc) is 2.46. The Morgan fingerprint density at radius 3 is 2.85 bits per heavy atom. The summed E-state index contributed by atoms with van der Waals surface area (Å²) < 4.78 is 2.17. The minimum Gasteiger partial charge on any atom is -0.499 e. The molecule has 0 radical (unpaired) electrons. The quantitative estimate of drug-likeness (QED) is 0.791. The molecular formula is C9H7BrOS2. The molecule has 0 unspecified atom stereocenters. The van der Waals surface area contributed by atoms with Crippen molar-refractivity contribution in [3.63, 3.8) is 0 Å². The number of aromatic hydroxyl groups is 1. The lowest BCUT2D eigenvalue weighted by molar-refractivity contribution is 0.491. The molecule has 1 aromatic carbocycles. The van der Waals surface area contributed by atoms with Crippen LogP contribution in [-0.4, -0.2) is 11.4 Å². The van der Waals surface area contributed by atoms with Crippen LogP contribution >= 0.6 is 39.0 Å². The molecule has 0 saturated carbocycles. The van der Waals surface area contributed by atoms with Crippen LogP contribution in [0, 0.1) is 0 Å². The summed E-state index contributed by atoms with van der Waals surface area (Å²) in [4.78, 5) is 1.21. The van der Waals surface area contributed by atoms with Crippen LogP contribution in [0.2, 0.25) is 0 Å². The third-order valence-electron chi connectivity index (χ3n) is 1.78. The summed E-state index contributed by atoms with van der Waals surface area (Å²) >= 11 is 6.59. The van der Waals surface area contributed by atoms with Crippen LogP contribution in [0.4, 0.5) is 0 Å². The highest BCUT2D eigenvalue weighted by molar-refractivity contribution is 9.10. The molecule has 1 nitrogen and oxygen atoms in total. The van der Waals surface area contributed by atoms with E-state index in [0.29, 0.717) is 5.06 Å². The van der Waals surface area contributed by atoms with Gasteiger partial charge in [0, 0.05) is 25.5 Å². The topological polar surface area (TPSA) is 20.2 Å². The molecule has 1 N–H and O–H groups in total. The first-order chi connectivity index (χ1) is 6.20.